The molecule has 2 rings (SSSR count). The normalized spacial score (nSPS) is 30.1. The van der Waals surface area contributed by atoms with E-state index < -0.39 is 0 Å². The van der Waals surface area contributed by atoms with E-state index in [0.717, 1.165) is 25.0 Å². The van der Waals surface area contributed by atoms with Crippen LogP contribution < -0.4 is 5.32 Å². The lowest BCUT2D eigenvalue weighted by Crippen LogP contribution is -2.62. The molecule has 0 aromatic heterocycles. The third kappa shape index (κ3) is 2.82. The van der Waals surface area contributed by atoms with Crippen LogP contribution in [0.4, 0.5) is 4.39 Å². The first-order chi connectivity index (χ1) is 9.11. The molecule has 19 heavy (non-hydrogen) atoms. The first-order valence-electron chi connectivity index (χ1n) is 7.20. The van der Waals surface area contributed by atoms with Crippen LogP contribution in [0.3, 0.4) is 0 Å². The van der Waals surface area contributed by atoms with E-state index in [1.54, 1.807) is 6.07 Å². The standard InChI is InChI=1S/C16H24FNO/c1-4-16(3)14(10-15(16)19-5-2)18-11-12-8-6-7-9-13(12)17/h6-9,14-15,18H,4-5,10-11H2,1-3H3. The van der Waals surface area contributed by atoms with Crippen LogP contribution in [0.5, 0.6) is 0 Å². The highest BCUT2D eigenvalue weighted by molar-refractivity contribution is 5.17. The number of nitrogens with one attached hydrogen (secondary N) is 1. The van der Waals surface area contributed by atoms with Crippen LogP contribution in [0.1, 0.15) is 39.2 Å². The van der Waals surface area contributed by atoms with Crippen LogP contribution in [0.15, 0.2) is 24.3 Å². The van der Waals surface area contributed by atoms with Gasteiger partial charge in [-0.2, -0.15) is 0 Å². The molecular weight excluding hydrogens is 241 g/mol. The molecule has 0 saturated heterocycles. The van der Waals surface area contributed by atoms with E-state index in [4.69, 9.17) is 4.74 Å². The van der Waals surface area contributed by atoms with Crippen LogP contribution in [-0.4, -0.2) is 18.8 Å². The van der Waals surface area contributed by atoms with Gasteiger partial charge in [0.15, 0.2) is 0 Å². The zero-order valence-corrected chi connectivity index (χ0v) is 12.1. The van der Waals surface area contributed by atoms with Crippen LogP contribution in [0, 0.1) is 11.2 Å². The summed E-state index contributed by atoms with van der Waals surface area (Å²) in [5, 5.41) is 3.49. The van der Waals surface area contributed by atoms with Crippen molar-refractivity contribution in [1.29, 1.82) is 0 Å². The molecule has 1 aromatic rings. The van der Waals surface area contributed by atoms with Crippen molar-refractivity contribution in [2.75, 3.05) is 6.61 Å². The Morgan fingerprint density at radius 3 is 2.74 bits per heavy atom. The quantitative estimate of drug-likeness (QED) is 0.850. The number of hydrogen-bond donors (Lipinski definition) is 1. The number of benzene rings is 1. The van der Waals surface area contributed by atoms with Crippen molar-refractivity contribution in [3.05, 3.63) is 35.6 Å². The SMILES string of the molecule is CCOC1CC(NCc2ccccc2F)C1(C)CC. The van der Waals surface area contributed by atoms with Gasteiger partial charge in [-0.1, -0.05) is 32.0 Å². The van der Waals surface area contributed by atoms with Crippen LogP contribution in [0.25, 0.3) is 0 Å². The molecule has 0 heterocycles. The molecular formula is C16H24FNO. The molecule has 1 N–H and O–H groups in total. The topological polar surface area (TPSA) is 21.3 Å². The number of halogens is 1. The van der Waals surface area contributed by atoms with Gasteiger partial charge in [0.25, 0.3) is 0 Å². The van der Waals surface area contributed by atoms with Gasteiger partial charge in [-0.25, -0.2) is 4.39 Å². The summed E-state index contributed by atoms with van der Waals surface area (Å²) < 4.78 is 19.3. The highest BCUT2D eigenvalue weighted by Gasteiger charge is 2.50. The minimum absolute atomic E-state index is 0.131. The van der Waals surface area contributed by atoms with Gasteiger partial charge in [0, 0.05) is 30.2 Å². The fraction of sp³-hybridized carbons (Fsp3) is 0.625. The maximum Gasteiger partial charge on any atom is 0.127 e. The van der Waals surface area contributed by atoms with Gasteiger partial charge in [-0.3, -0.25) is 0 Å². The van der Waals surface area contributed by atoms with Crippen molar-refractivity contribution in [2.45, 2.75) is 52.3 Å². The highest BCUT2D eigenvalue weighted by Crippen LogP contribution is 2.45. The van der Waals surface area contributed by atoms with Crippen LogP contribution in [-0.2, 0) is 11.3 Å². The lowest BCUT2D eigenvalue weighted by atomic mass is 9.61. The number of rotatable bonds is 6. The van der Waals surface area contributed by atoms with Crippen molar-refractivity contribution in [1.82, 2.24) is 5.32 Å². The zero-order chi connectivity index (χ0) is 13.9. The van der Waals surface area contributed by atoms with E-state index in [1.807, 2.05) is 19.1 Å². The average Bonchev–Trinajstić information content (AvgIpc) is 2.42. The molecule has 3 heteroatoms. The predicted molar refractivity (Wildman–Crippen MR) is 75.5 cm³/mol. The summed E-state index contributed by atoms with van der Waals surface area (Å²) in [6.45, 7) is 7.85. The molecule has 0 bridgehead atoms. The average molecular weight is 265 g/mol. The second kappa shape index (κ2) is 6.02. The Hall–Kier alpha value is -0.930. The number of ether oxygens (including phenoxy) is 1. The van der Waals surface area contributed by atoms with Gasteiger partial charge < -0.3 is 10.1 Å². The van der Waals surface area contributed by atoms with Gasteiger partial charge in [0.05, 0.1) is 6.10 Å². The summed E-state index contributed by atoms with van der Waals surface area (Å²) >= 11 is 0. The Kier molecular flexibility index (Phi) is 4.58. The van der Waals surface area contributed by atoms with E-state index in [0.29, 0.717) is 18.7 Å². The molecule has 1 fully saturated rings. The van der Waals surface area contributed by atoms with Gasteiger partial charge in [-0.05, 0) is 25.8 Å². The van der Waals surface area contributed by atoms with Crippen molar-refractivity contribution in [2.24, 2.45) is 5.41 Å². The van der Waals surface area contributed by atoms with Crippen molar-refractivity contribution in [3.63, 3.8) is 0 Å². The smallest absolute Gasteiger partial charge is 0.127 e. The lowest BCUT2D eigenvalue weighted by molar-refractivity contribution is -0.126. The summed E-state index contributed by atoms with van der Waals surface area (Å²) in [6, 6.07) is 7.37. The third-order valence-electron chi connectivity index (χ3n) is 4.61. The predicted octanol–water partition coefficient (Wildman–Crippen LogP) is 3.51. The van der Waals surface area contributed by atoms with Crippen molar-refractivity contribution in [3.8, 4) is 0 Å². The zero-order valence-electron chi connectivity index (χ0n) is 12.1. The molecule has 1 aliphatic carbocycles. The van der Waals surface area contributed by atoms with Gasteiger partial charge in [0.1, 0.15) is 5.82 Å². The van der Waals surface area contributed by atoms with Gasteiger partial charge in [-0.15, -0.1) is 0 Å². The summed E-state index contributed by atoms with van der Waals surface area (Å²) in [6.07, 6.45) is 2.43. The van der Waals surface area contributed by atoms with Gasteiger partial charge in [0.2, 0.25) is 0 Å². The summed E-state index contributed by atoms with van der Waals surface area (Å²) in [7, 11) is 0. The first-order valence-corrected chi connectivity index (χ1v) is 7.20. The maximum atomic E-state index is 13.6. The fourth-order valence-electron chi connectivity index (χ4n) is 2.94. The lowest BCUT2D eigenvalue weighted by Gasteiger charge is -2.53. The molecule has 0 spiro atoms. The van der Waals surface area contributed by atoms with Crippen molar-refractivity contribution < 1.29 is 9.13 Å². The molecule has 3 unspecified atom stereocenters. The summed E-state index contributed by atoms with van der Waals surface area (Å²) in [5.74, 6) is -0.131. The molecule has 1 saturated carbocycles. The molecule has 3 atom stereocenters. The minimum atomic E-state index is -0.131. The molecule has 106 valence electrons. The van der Waals surface area contributed by atoms with Gasteiger partial charge >= 0.3 is 0 Å². The summed E-state index contributed by atoms with van der Waals surface area (Å²) in [5.41, 5.74) is 0.905. The Balaban J connectivity index is 1.92. The van der Waals surface area contributed by atoms with E-state index in [9.17, 15) is 4.39 Å². The second-order valence-electron chi connectivity index (χ2n) is 5.56. The second-order valence-corrected chi connectivity index (χ2v) is 5.56. The largest absolute Gasteiger partial charge is 0.378 e. The minimum Gasteiger partial charge on any atom is -0.378 e. The Labute approximate surface area is 115 Å². The third-order valence-corrected chi connectivity index (χ3v) is 4.61. The molecule has 0 amide bonds. The molecule has 1 aliphatic rings. The van der Waals surface area contributed by atoms with E-state index in [2.05, 4.69) is 19.2 Å². The molecule has 1 aromatic carbocycles. The Bertz CT molecular complexity index is 423. The summed E-state index contributed by atoms with van der Waals surface area (Å²) in [4.78, 5) is 0. The fourth-order valence-corrected chi connectivity index (χ4v) is 2.94. The van der Waals surface area contributed by atoms with E-state index >= 15 is 0 Å². The monoisotopic (exact) mass is 265 g/mol. The Morgan fingerprint density at radius 1 is 1.37 bits per heavy atom. The van der Waals surface area contributed by atoms with E-state index in [1.165, 1.54) is 6.07 Å². The number of hydrogen-bond acceptors (Lipinski definition) is 2. The van der Waals surface area contributed by atoms with E-state index in [-0.39, 0.29) is 11.2 Å². The molecule has 2 nitrogen and oxygen atoms in total. The molecule has 0 radical (unpaired) electrons. The van der Waals surface area contributed by atoms with Crippen LogP contribution >= 0.6 is 0 Å². The maximum absolute atomic E-state index is 13.6. The Morgan fingerprint density at radius 2 is 2.11 bits per heavy atom. The highest BCUT2D eigenvalue weighted by atomic mass is 19.1. The molecule has 0 aliphatic heterocycles. The van der Waals surface area contributed by atoms with Crippen molar-refractivity contribution >= 4 is 0 Å². The van der Waals surface area contributed by atoms with Crippen LogP contribution in [0.2, 0.25) is 0 Å². The first kappa shape index (κ1) is 14.5.